The van der Waals surface area contributed by atoms with Gasteiger partial charge in [0.15, 0.2) is 11.6 Å². The van der Waals surface area contributed by atoms with E-state index < -0.39 is 34.7 Å². The van der Waals surface area contributed by atoms with Gasteiger partial charge in [0.25, 0.3) is 0 Å². The fourth-order valence-corrected chi connectivity index (χ4v) is 4.79. The summed E-state index contributed by atoms with van der Waals surface area (Å²) in [7, 11) is 1.53. The molecular weight excluding hydrogens is 488 g/mol. The van der Waals surface area contributed by atoms with Gasteiger partial charge in [0.1, 0.15) is 17.4 Å². The Hall–Kier alpha value is -3.64. The van der Waals surface area contributed by atoms with Crippen LogP contribution >= 0.6 is 0 Å². The number of pyridine rings is 1. The summed E-state index contributed by atoms with van der Waals surface area (Å²) in [6.07, 6.45) is 3.14. The Kier molecular flexibility index (Phi) is 7.98. The van der Waals surface area contributed by atoms with E-state index in [9.17, 15) is 27.5 Å². The molecular formula is C28H26F4N2O3. The van der Waals surface area contributed by atoms with E-state index in [1.165, 1.54) is 13.3 Å². The lowest BCUT2D eigenvalue weighted by atomic mass is 9.74. The minimum atomic E-state index is -1.30. The van der Waals surface area contributed by atoms with E-state index in [-0.39, 0.29) is 12.1 Å². The van der Waals surface area contributed by atoms with Crippen molar-refractivity contribution in [1.29, 1.82) is 0 Å². The lowest BCUT2D eigenvalue weighted by Crippen LogP contribution is -2.44. The average Bonchev–Trinajstić information content (AvgIpc) is 2.88. The smallest absolute Gasteiger partial charge is 0.309 e. The molecule has 0 aliphatic carbocycles. The van der Waals surface area contributed by atoms with E-state index in [4.69, 9.17) is 4.74 Å². The van der Waals surface area contributed by atoms with Crippen LogP contribution in [0.5, 0.6) is 5.75 Å². The molecule has 0 amide bonds. The Labute approximate surface area is 212 Å². The number of aromatic nitrogens is 1. The van der Waals surface area contributed by atoms with Gasteiger partial charge in [-0.15, -0.1) is 0 Å². The first-order chi connectivity index (χ1) is 17.7. The van der Waals surface area contributed by atoms with Crippen LogP contribution in [0, 0.1) is 40.5 Å². The maximum absolute atomic E-state index is 14.6. The second-order valence-corrected chi connectivity index (χ2v) is 9.23. The van der Waals surface area contributed by atoms with Crippen LogP contribution in [-0.2, 0) is 11.2 Å². The van der Waals surface area contributed by atoms with Crippen molar-refractivity contribution in [1.82, 2.24) is 9.88 Å². The summed E-state index contributed by atoms with van der Waals surface area (Å²) in [5.74, 6) is 1.02. The van der Waals surface area contributed by atoms with Gasteiger partial charge in [-0.3, -0.25) is 14.7 Å². The first kappa shape index (κ1) is 26.4. The van der Waals surface area contributed by atoms with Crippen molar-refractivity contribution in [2.75, 3.05) is 26.7 Å². The van der Waals surface area contributed by atoms with Gasteiger partial charge in [0.05, 0.1) is 36.3 Å². The number of rotatable bonds is 7. The first-order valence-electron chi connectivity index (χ1n) is 11.9. The zero-order valence-electron chi connectivity index (χ0n) is 20.3. The number of carboxylic acids is 1. The van der Waals surface area contributed by atoms with Gasteiger partial charge in [-0.05, 0) is 61.9 Å². The highest BCUT2D eigenvalue weighted by atomic mass is 19.2. The van der Waals surface area contributed by atoms with Crippen molar-refractivity contribution in [3.8, 4) is 17.6 Å². The molecule has 2 aromatic carbocycles. The predicted octanol–water partition coefficient (Wildman–Crippen LogP) is 5.34. The van der Waals surface area contributed by atoms with Crippen molar-refractivity contribution in [3.63, 3.8) is 0 Å². The van der Waals surface area contributed by atoms with Gasteiger partial charge >= 0.3 is 5.97 Å². The summed E-state index contributed by atoms with van der Waals surface area (Å²) in [5.41, 5.74) is -0.180. The number of ether oxygens (including phenoxy) is 1. The molecule has 4 rings (SSSR count). The molecule has 1 aliphatic heterocycles. The molecule has 5 nitrogen and oxygen atoms in total. The van der Waals surface area contributed by atoms with Crippen LogP contribution < -0.4 is 4.74 Å². The quantitative estimate of drug-likeness (QED) is 0.262. The lowest BCUT2D eigenvalue weighted by Gasteiger charge is -2.38. The van der Waals surface area contributed by atoms with Gasteiger partial charge in [-0.1, -0.05) is 11.8 Å². The zero-order chi connectivity index (χ0) is 26.6. The number of hydrogen-bond donors (Lipinski definition) is 1. The third-order valence-electron chi connectivity index (χ3n) is 7.00. The number of aliphatic carboxylic acids is 1. The molecule has 0 bridgehead atoms. The number of piperidine rings is 1. The van der Waals surface area contributed by atoms with E-state index in [1.807, 2.05) is 4.90 Å². The van der Waals surface area contributed by atoms with E-state index >= 15 is 0 Å². The van der Waals surface area contributed by atoms with Crippen LogP contribution in [0.4, 0.5) is 17.6 Å². The number of likely N-dealkylation sites (tertiary alicyclic amines) is 1. The lowest BCUT2D eigenvalue weighted by molar-refractivity contribution is -0.152. The number of carbonyl (C=O) groups is 1. The van der Waals surface area contributed by atoms with Crippen LogP contribution in [0.2, 0.25) is 0 Å². The molecule has 194 valence electrons. The van der Waals surface area contributed by atoms with Crippen molar-refractivity contribution in [2.24, 2.45) is 5.41 Å². The maximum Gasteiger partial charge on any atom is 0.309 e. The zero-order valence-corrected chi connectivity index (χ0v) is 20.3. The molecule has 1 aromatic heterocycles. The molecule has 0 saturated carbocycles. The van der Waals surface area contributed by atoms with E-state index in [0.29, 0.717) is 73.5 Å². The van der Waals surface area contributed by atoms with Crippen LogP contribution in [0.25, 0.3) is 10.9 Å². The summed E-state index contributed by atoms with van der Waals surface area (Å²) in [5, 5.41) is 10.7. The van der Waals surface area contributed by atoms with E-state index in [1.54, 1.807) is 18.2 Å². The van der Waals surface area contributed by atoms with Gasteiger partial charge in [-0.2, -0.15) is 0 Å². The first-order valence-corrected chi connectivity index (χ1v) is 11.9. The molecule has 37 heavy (non-hydrogen) atoms. The SMILES string of the molecule is COc1ccc2ncc(F)c(CCCC3(C(=O)O)CCN(CC#Cc4cc(F)cc(F)c4F)CC3)c2c1. The van der Waals surface area contributed by atoms with Gasteiger partial charge < -0.3 is 9.84 Å². The average molecular weight is 515 g/mol. The van der Waals surface area contributed by atoms with Crippen LogP contribution in [-0.4, -0.2) is 47.7 Å². The van der Waals surface area contributed by atoms with Gasteiger partial charge in [0, 0.05) is 24.5 Å². The highest BCUT2D eigenvalue weighted by Gasteiger charge is 2.40. The van der Waals surface area contributed by atoms with Crippen LogP contribution in [0.15, 0.2) is 36.5 Å². The molecule has 1 saturated heterocycles. The molecule has 9 heteroatoms. The Balaban J connectivity index is 1.38. The van der Waals surface area contributed by atoms with Crippen molar-refractivity contribution in [3.05, 3.63) is 70.9 Å². The van der Waals surface area contributed by atoms with Crippen molar-refractivity contribution in [2.45, 2.75) is 32.1 Å². The molecule has 3 aromatic rings. The summed E-state index contributed by atoms with van der Waals surface area (Å²) >= 11 is 0. The molecule has 0 atom stereocenters. The number of methoxy groups -OCH3 is 1. The van der Waals surface area contributed by atoms with E-state index in [0.717, 1.165) is 6.07 Å². The van der Waals surface area contributed by atoms with Crippen molar-refractivity contribution < 1.29 is 32.2 Å². The number of aryl methyl sites for hydroxylation is 1. The predicted molar refractivity (Wildman–Crippen MR) is 130 cm³/mol. The standard InChI is InChI=1S/C28H26F4N2O3/c1-37-20-6-7-25-22(16-20)21(24(31)17-33-25)5-2-8-28(27(35)36)9-12-34(13-10-28)11-3-4-18-14-19(29)15-23(30)26(18)32/h6-7,14-17H,2,5,8-13H2,1H3,(H,35,36). The topological polar surface area (TPSA) is 62.7 Å². The highest BCUT2D eigenvalue weighted by Crippen LogP contribution is 2.37. The minimum Gasteiger partial charge on any atom is -0.497 e. The number of benzene rings is 2. The minimum absolute atomic E-state index is 0.212. The Morgan fingerprint density at radius 2 is 1.89 bits per heavy atom. The summed E-state index contributed by atoms with van der Waals surface area (Å²) in [6, 6.07) is 6.54. The summed E-state index contributed by atoms with van der Waals surface area (Å²) in [4.78, 5) is 18.3. The normalized spacial score (nSPS) is 15.3. The highest BCUT2D eigenvalue weighted by molar-refractivity contribution is 5.83. The summed E-state index contributed by atoms with van der Waals surface area (Å²) in [6.45, 7) is 1.11. The largest absolute Gasteiger partial charge is 0.497 e. The number of carboxylic acid groups (broad SMARTS) is 1. The molecule has 1 N–H and O–H groups in total. The number of hydrogen-bond acceptors (Lipinski definition) is 4. The number of fused-ring (bicyclic) bond motifs is 1. The molecule has 0 unspecified atom stereocenters. The van der Waals surface area contributed by atoms with Crippen molar-refractivity contribution >= 4 is 16.9 Å². The second-order valence-electron chi connectivity index (χ2n) is 9.23. The molecule has 1 fully saturated rings. The Morgan fingerprint density at radius 3 is 2.59 bits per heavy atom. The third-order valence-corrected chi connectivity index (χ3v) is 7.00. The van der Waals surface area contributed by atoms with E-state index in [2.05, 4.69) is 16.8 Å². The molecule has 2 heterocycles. The van der Waals surface area contributed by atoms with Crippen LogP contribution in [0.3, 0.4) is 0 Å². The molecule has 0 spiro atoms. The monoisotopic (exact) mass is 514 g/mol. The second kappa shape index (κ2) is 11.2. The number of halogens is 4. The number of nitrogens with zero attached hydrogens (tertiary/aromatic N) is 2. The fraction of sp³-hybridized carbons (Fsp3) is 0.357. The maximum atomic E-state index is 14.6. The van der Waals surface area contributed by atoms with Gasteiger partial charge in [-0.25, -0.2) is 17.6 Å². The van der Waals surface area contributed by atoms with Crippen LogP contribution in [0.1, 0.15) is 36.8 Å². The Bertz CT molecular complexity index is 1380. The fourth-order valence-electron chi connectivity index (χ4n) is 4.79. The molecule has 1 aliphatic rings. The molecule has 0 radical (unpaired) electrons. The van der Waals surface area contributed by atoms with Gasteiger partial charge in [0.2, 0.25) is 0 Å². The third kappa shape index (κ3) is 5.86. The summed E-state index contributed by atoms with van der Waals surface area (Å²) < 4.78 is 60.3. The Morgan fingerprint density at radius 1 is 1.14 bits per heavy atom.